The van der Waals surface area contributed by atoms with Gasteiger partial charge in [0.25, 0.3) is 0 Å². The largest absolute Gasteiger partial charge is 0.369 e. The van der Waals surface area contributed by atoms with Gasteiger partial charge in [-0.2, -0.15) is 5.26 Å². The summed E-state index contributed by atoms with van der Waals surface area (Å²) in [5.74, 6) is 0.787. The van der Waals surface area contributed by atoms with E-state index in [1.165, 1.54) is 43.6 Å². The molecule has 1 aliphatic carbocycles. The number of hydrogen-bond donors (Lipinski definition) is 1. The number of rotatable bonds is 5. The van der Waals surface area contributed by atoms with Gasteiger partial charge in [0.05, 0.1) is 5.56 Å². The molecule has 3 rings (SSSR count). The number of likely N-dealkylation sites (tertiary alicyclic amines) is 1. The Labute approximate surface area is 120 Å². The molecule has 0 bridgehead atoms. The van der Waals surface area contributed by atoms with Crippen LogP contribution in [0, 0.1) is 11.3 Å². The number of aromatic nitrogens is 1. The van der Waals surface area contributed by atoms with E-state index in [1.807, 2.05) is 6.07 Å². The monoisotopic (exact) mass is 270 g/mol. The summed E-state index contributed by atoms with van der Waals surface area (Å²) >= 11 is 0. The Hall–Kier alpha value is -1.60. The van der Waals surface area contributed by atoms with Gasteiger partial charge in [0, 0.05) is 12.2 Å². The van der Waals surface area contributed by atoms with Crippen molar-refractivity contribution in [1.29, 1.82) is 5.26 Å². The molecule has 1 N–H and O–H groups in total. The molecule has 1 aromatic heterocycles. The second kappa shape index (κ2) is 6.23. The third-order valence-corrected chi connectivity index (χ3v) is 4.31. The smallest absolute Gasteiger partial charge is 0.144 e. The van der Waals surface area contributed by atoms with Crippen LogP contribution in [0.15, 0.2) is 6.07 Å². The molecule has 4 heteroatoms. The fourth-order valence-electron chi connectivity index (χ4n) is 3.21. The van der Waals surface area contributed by atoms with Crippen molar-refractivity contribution in [2.24, 2.45) is 0 Å². The van der Waals surface area contributed by atoms with Crippen molar-refractivity contribution in [3.63, 3.8) is 0 Å². The van der Waals surface area contributed by atoms with Crippen molar-refractivity contribution in [1.82, 2.24) is 9.88 Å². The molecule has 0 saturated carbocycles. The van der Waals surface area contributed by atoms with E-state index < -0.39 is 0 Å². The van der Waals surface area contributed by atoms with Crippen LogP contribution in [-0.2, 0) is 12.8 Å². The third-order valence-electron chi connectivity index (χ3n) is 4.31. The summed E-state index contributed by atoms with van der Waals surface area (Å²) in [5.41, 5.74) is 3.15. The van der Waals surface area contributed by atoms with Crippen LogP contribution in [0.5, 0.6) is 0 Å². The first-order valence-corrected chi connectivity index (χ1v) is 7.76. The van der Waals surface area contributed by atoms with Crippen LogP contribution in [0.3, 0.4) is 0 Å². The van der Waals surface area contributed by atoms with Gasteiger partial charge >= 0.3 is 0 Å². The van der Waals surface area contributed by atoms with Crippen LogP contribution < -0.4 is 5.32 Å². The Kier molecular flexibility index (Phi) is 4.17. The number of pyridine rings is 1. The average molecular weight is 270 g/mol. The lowest BCUT2D eigenvalue weighted by Gasteiger charge is -2.15. The number of nitrogens with zero attached hydrogens (tertiary/aromatic N) is 3. The molecule has 1 fully saturated rings. The predicted molar refractivity (Wildman–Crippen MR) is 79.8 cm³/mol. The van der Waals surface area contributed by atoms with E-state index in [0.29, 0.717) is 5.56 Å². The molecule has 0 amide bonds. The van der Waals surface area contributed by atoms with Gasteiger partial charge in [0.1, 0.15) is 11.9 Å². The molecular formula is C16H22N4. The van der Waals surface area contributed by atoms with E-state index in [2.05, 4.69) is 21.3 Å². The van der Waals surface area contributed by atoms with Crippen LogP contribution in [0.4, 0.5) is 5.82 Å². The first-order valence-electron chi connectivity index (χ1n) is 7.76. The van der Waals surface area contributed by atoms with Crippen LogP contribution in [0.2, 0.25) is 0 Å². The zero-order valence-corrected chi connectivity index (χ0v) is 12.0. The molecule has 2 heterocycles. The molecule has 1 saturated heterocycles. The normalized spacial score (nSPS) is 17.9. The van der Waals surface area contributed by atoms with Crippen molar-refractivity contribution < 1.29 is 0 Å². The predicted octanol–water partition coefficient (Wildman–Crippen LogP) is 2.34. The fourth-order valence-corrected chi connectivity index (χ4v) is 3.21. The van der Waals surface area contributed by atoms with Crippen LogP contribution >= 0.6 is 0 Å². The third kappa shape index (κ3) is 2.94. The Morgan fingerprint density at radius 2 is 2.10 bits per heavy atom. The van der Waals surface area contributed by atoms with E-state index in [9.17, 15) is 5.26 Å². The van der Waals surface area contributed by atoms with Gasteiger partial charge in [-0.15, -0.1) is 0 Å². The minimum Gasteiger partial charge on any atom is -0.369 e. The van der Waals surface area contributed by atoms with Gasteiger partial charge in [0.15, 0.2) is 0 Å². The van der Waals surface area contributed by atoms with Crippen molar-refractivity contribution in [3.05, 3.63) is 22.9 Å². The van der Waals surface area contributed by atoms with Gasteiger partial charge in [-0.3, -0.25) is 0 Å². The van der Waals surface area contributed by atoms with Crippen LogP contribution in [0.1, 0.15) is 42.5 Å². The van der Waals surface area contributed by atoms with Gasteiger partial charge in [0.2, 0.25) is 0 Å². The van der Waals surface area contributed by atoms with Crippen molar-refractivity contribution in [2.45, 2.75) is 38.5 Å². The molecule has 0 radical (unpaired) electrons. The fraction of sp³-hybridized carbons (Fsp3) is 0.625. The number of anilines is 1. The lowest BCUT2D eigenvalue weighted by atomic mass is 10.1. The number of nitriles is 1. The van der Waals surface area contributed by atoms with E-state index >= 15 is 0 Å². The number of hydrogen-bond acceptors (Lipinski definition) is 4. The Morgan fingerprint density at radius 3 is 2.90 bits per heavy atom. The van der Waals surface area contributed by atoms with Crippen LogP contribution in [0.25, 0.3) is 0 Å². The highest BCUT2D eigenvalue weighted by atomic mass is 15.1. The Bertz CT molecular complexity index is 512. The highest BCUT2D eigenvalue weighted by Gasteiger charge is 2.16. The Balaban J connectivity index is 1.55. The maximum atomic E-state index is 9.24. The van der Waals surface area contributed by atoms with E-state index in [-0.39, 0.29) is 0 Å². The van der Waals surface area contributed by atoms with Gasteiger partial charge in [-0.1, -0.05) is 0 Å². The topological polar surface area (TPSA) is 52.0 Å². The second-order valence-corrected chi connectivity index (χ2v) is 5.78. The molecule has 1 aromatic rings. The maximum Gasteiger partial charge on any atom is 0.144 e. The minimum absolute atomic E-state index is 0.701. The highest BCUT2D eigenvalue weighted by Crippen LogP contribution is 2.24. The molecule has 0 spiro atoms. The second-order valence-electron chi connectivity index (χ2n) is 5.78. The summed E-state index contributed by atoms with van der Waals surface area (Å²) in [6, 6.07) is 4.30. The summed E-state index contributed by atoms with van der Waals surface area (Å²) in [7, 11) is 0. The number of aryl methyl sites for hydroxylation is 2. The number of fused-ring (bicyclic) bond motifs is 1. The summed E-state index contributed by atoms with van der Waals surface area (Å²) < 4.78 is 0. The molecule has 20 heavy (non-hydrogen) atoms. The summed E-state index contributed by atoms with van der Waals surface area (Å²) in [6.45, 7) is 4.55. The van der Waals surface area contributed by atoms with E-state index in [1.54, 1.807) is 0 Å². The maximum absolute atomic E-state index is 9.24. The minimum atomic E-state index is 0.701. The highest BCUT2D eigenvalue weighted by molar-refractivity contribution is 5.55. The van der Waals surface area contributed by atoms with Gasteiger partial charge < -0.3 is 10.2 Å². The first-order chi connectivity index (χ1) is 9.86. The van der Waals surface area contributed by atoms with Crippen molar-refractivity contribution >= 4 is 5.82 Å². The zero-order valence-electron chi connectivity index (χ0n) is 12.0. The molecule has 106 valence electrons. The van der Waals surface area contributed by atoms with Gasteiger partial charge in [-0.25, -0.2) is 4.98 Å². The molecule has 4 nitrogen and oxygen atoms in total. The summed E-state index contributed by atoms with van der Waals surface area (Å²) in [6.07, 6.45) is 7.11. The van der Waals surface area contributed by atoms with Crippen LogP contribution in [-0.4, -0.2) is 36.1 Å². The summed E-state index contributed by atoms with van der Waals surface area (Å²) in [4.78, 5) is 7.16. The molecule has 0 atom stereocenters. The Morgan fingerprint density at radius 1 is 1.25 bits per heavy atom. The first kappa shape index (κ1) is 13.4. The molecular weight excluding hydrogens is 248 g/mol. The van der Waals surface area contributed by atoms with Crippen molar-refractivity contribution in [3.8, 4) is 6.07 Å². The zero-order chi connectivity index (χ0) is 13.8. The van der Waals surface area contributed by atoms with Gasteiger partial charge in [-0.05, 0) is 69.8 Å². The van der Waals surface area contributed by atoms with Crippen molar-refractivity contribution in [2.75, 3.05) is 31.5 Å². The van der Waals surface area contributed by atoms with E-state index in [4.69, 9.17) is 0 Å². The molecule has 0 aromatic carbocycles. The quantitative estimate of drug-likeness (QED) is 0.834. The summed E-state index contributed by atoms with van der Waals surface area (Å²) in [5, 5.41) is 12.6. The standard InChI is InChI=1S/C16H22N4/c17-12-14-11-13-5-3-6-15(13)19-16(14)18-7-4-10-20-8-1-2-9-20/h11H,1-10H2,(H,18,19). The molecule has 2 aliphatic rings. The average Bonchev–Trinajstić information content (AvgIpc) is 3.13. The molecule has 0 unspecified atom stereocenters. The molecule has 1 aliphatic heterocycles. The lowest BCUT2D eigenvalue weighted by molar-refractivity contribution is 0.337. The lowest BCUT2D eigenvalue weighted by Crippen LogP contribution is -2.22. The number of nitrogens with one attached hydrogen (secondary N) is 1. The van der Waals surface area contributed by atoms with E-state index in [0.717, 1.165) is 38.2 Å². The SMILES string of the molecule is N#Cc1cc2c(nc1NCCCN1CCCC1)CCC2.